The highest BCUT2D eigenvalue weighted by Gasteiger charge is 2.49. The highest BCUT2D eigenvalue weighted by atomic mass is 32.3. The minimum Gasteiger partial charge on any atom is -0.312 e. The monoisotopic (exact) mass is 364 g/mol. The number of hydrogen-bond donors (Lipinski definition) is 3. The third-order valence-electron chi connectivity index (χ3n) is 4.42. The fourth-order valence-electron chi connectivity index (χ4n) is 3.28. The summed E-state index contributed by atoms with van der Waals surface area (Å²) in [6, 6.07) is -1.85. The van der Waals surface area contributed by atoms with Crippen molar-refractivity contribution >= 4 is 22.3 Å². The minimum atomic E-state index is -4.79. The Morgan fingerprint density at radius 1 is 1.38 bits per heavy atom. The van der Waals surface area contributed by atoms with Crippen molar-refractivity contribution in [2.45, 2.75) is 43.8 Å². The number of urea groups is 1. The quantitative estimate of drug-likeness (QED) is 0.394. The first kappa shape index (κ1) is 17.4. The van der Waals surface area contributed by atoms with Gasteiger partial charge in [0.1, 0.15) is 6.04 Å². The lowest BCUT2D eigenvalue weighted by Crippen LogP contribution is -2.50. The first-order chi connectivity index (χ1) is 11.3. The van der Waals surface area contributed by atoms with Crippen LogP contribution in [0.15, 0.2) is 0 Å². The third kappa shape index (κ3) is 3.78. The third-order valence-corrected chi connectivity index (χ3v) is 4.77. The highest BCUT2D eigenvalue weighted by molar-refractivity contribution is 7.80. The van der Waals surface area contributed by atoms with Crippen LogP contribution in [0.3, 0.4) is 0 Å². The number of carbonyl (C=O) groups is 2. The van der Waals surface area contributed by atoms with Crippen LogP contribution in [-0.2, 0) is 24.3 Å². The molecule has 3 fully saturated rings. The zero-order chi connectivity index (χ0) is 17.3. The molecule has 11 nitrogen and oxygen atoms in total. The summed E-state index contributed by atoms with van der Waals surface area (Å²) in [7, 11) is -4.79. The van der Waals surface area contributed by atoms with E-state index in [4.69, 9.17) is 9.39 Å². The molecule has 2 bridgehead atoms. The van der Waals surface area contributed by atoms with Gasteiger partial charge in [-0.05, 0) is 32.2 Å². The standard InChI is InChI=1S/C12H20N4O7S/c17-11(14-22-7-8-2-1-5-13-8)10-4-3-9-6-15(10)12(18)16(9)23-24(19,20)21/h8-10,13H,1-7H2,(H,14,17)(H,19,20,21). The lowest BCUT2D eigenvalue weighted by atomic mass is 10.0. The van der Waals surface area contributed by atoms with Crippen LogP contribution < -0.4 is 10.8 Å². The largest absolute Gasteiger partial charge is 0.418 e. The van der Waals surface area contributed by atoms with E-state index in [-0.39, 0.29) is 12.6 Å². The molecule has 136 valence electrons. The summed E-state index contributed by atoms with van der Waals surface area (Å²) in [4.78, 5) is 30.8. The van der Waals surface area contributed by atoms with E-state index in [1.165, 1.54) is 4.90 Å². The molecule has 3 N–H and O–H groups in total. The second-order valence-corrected chi connectivity index (χ2v) is 7.09. The summed E-state index contributed by atoms with van der Waals surface area (Å²) in [5.41, 5.74) is 2.35. The Kier molecular flexibility index (Phi) is 4.92. The topological polar surface area (TPSA) is 138 Å². The number of nitrogens with one attached hydrogen (secondary N) is 2. The SMILES string of the molecule is O=C(NOCC1CCCN1)C1CCC2CN1C(=O)N2OS(=O)(=O)O. The predicted molar refractivity (Wildman–Crippen MR) is 78.5 cm³/mol. The number of hydrogen-bond acceptors (Lipinski definition) is 7. The average Bonchev–Trinajstić information content (AvgIpc) is 3.10. The normalized spacial score (nSPS) is 30.0. The molecule has 3 aliphatic rings. The van der Waals surface area contributed by atoms with Gasteiger partial charge in [-0.15, -0.1) is 4.28 Å². The Balaban J connectivity index is 1.54. The first-order valence-electron chi connectivity index (χ1n) is 7.77. The van der Waals surface area contributed by atoms with Crippen LogP contribution in [0.4, 0.5) is 4.79 Å². The molecule has 3 saturated heterocycles. The zero-order valence-corrected chi connectivity index (χ0v) is 13.7. The van der Waals surface area contributed by atoms with Crippen LogP contribution in [0.2, 0.25) is 0 Å². The summed E-state index contributed by atoms with van der Waals surface area (Å²) in [5.74, 6) is -0.464. The van der Waals surface area contributed by atoms with E-state index >= 15 is 0 Å². The Hall–Kier alpha value is -1.47. The van der Waals surface area contributed by atoms with Crippen LogP contribution in [0.5, 0.6) is 0 Å². The van der Waals surface area contributed by atoms with E-state index in [1.807, 2.05) is 0 Å². The fourth-order valence-corrected chi connectivity index (χ4v) is 3.67. The number of nitrogens with zero attached hydrogens (tertiary/aromatic N) is 2. The summed E-state index contributed by atoms with van der Waals surface area (Å²) in [5, 5.41) is 3.83. The molecule has 3 atom stereocenters. The van der Waals surface area contributed by atoms with Crippen molar-refractivity contribution in [3.63, 3.8) is 0 Å². The Labute approximate surface area is 139 Å². The van der Waals surface area contributed by atoms with Crippen molar-refractivity contribution in [3.8, 4) is 0 Å². The summed E-state index contributed by atoms with van der Waals surface area (Å²) in [6.45, 7) is 1.42. The van der Waals surface area contributed by atoms with Crippen molar-refractivity contribution < 1.29 is 31.7 Å². The van der Waals surface area contributed by atoms with Crippen LogP contribution in [0, 0.1) is 0 Å². The smallest absolute Gasteiger partial charge is 0.312 e. The molecule has 3 aliphatic heterocycles. The molecular weight excluding hydrogens is 344 g/mol. The molecule has 12 heteroatoms. The molecule has 0 aromatic carbocycles. The molecule has 0 spiro atoms. The van der Waals surface area contributed by atoms with Gasteiger partial charge in [0.2, 0.25) is 0 Å². The van der Waals surface area contributed by atoms with Gasteiger partial charge in [-0.3, -0.25) is 14.2 Å². The zero-order valence-electron chi connectivity index (χ0n) is 12.9. The Morgan fingerprint density at radius 2 is 2.17 bits per heavy atom. The van der Waals surface area contributed by atoms with E-state index in [0.717, 1.165) is 19.4 Å². The Bertz CT molecular complexity index is 607. The second kappa shape index (κ2) is 6.80. The number of rotatable bonds is 6. The van der Waals surface area contributed by atoms with Crippen molar-refractivity contribution in [1.29, 1.82) is 0 Å². The molecular formula is C12H20N4O7S. The molecule has 3 heterocycles. The maximum absolute atomic E-state index is 12.2. The molecule has 3 rings (SSSR count). The van der Waals surface area contributed by atoms with Gasteiger partial charge in [0.05, 0.1) is 12.6 Å². The number of carbonyl (C=O) groups excluding carboxylic acids is 2. The van der Waals surface area contributed by atoms with Gasteiger partial charge in [-0.1, -0.05) is 0 Å². The van der Waals surface area contributed by atoms with Crippen LogP contribution in [-0.4, -0.2) is 72.7 Å². The van der Waals surface area contributed by atoms with E-state index < -0.39 is 34.4 Å². The van der Waals surface area contributed by atoms with E-state index in [9.17, 15) is 18.0 Å². The Morgan fingerprint density at radius 3 is 2.83 bits per heavy atom. The predicted octanol–water partition coefficient (Wildman–Crippen LogP) is -1.21. The van der Waals surface area contributed by atoms with Gasteiger partial charge in [0, 0.05) is 12.6 Å². The van der Waals surface area contributed by atoms with E-state index in [2.05, 4.69) is 15.1 Å². The highest BCUT2D eigenvalue weighted by Crippen LogP contribution is 2.30. The first-order valence-corrected chi connectivity index (χ1v) is 9.13. The average molecular weight is 364 g/mol. The van der Waals surface area contributed by atoms with Gasteiger partial charge in [0.15, 0.2) is 0 Å². The van der Waals surface area contributed by atoms with Crippen LogP contribution in [0.25, 0.3) is 0 Å². The molecule has 24 heavy (non-hydrogen) atoms. The van der Waals surface area contributed by atoms with Gasteiger partial charge in [-0.25, -0.2) is 10.3 Å². The van der Waals surface area contributed by atoms with Gasteiger partial charge < -0.3 is 10.2 Å². The van der Waals surface area contributed by atoms with E-state index in [0.29, 0.717) is 24.5 Å². The van der Waals surface area contributed by atoms with Crippen molar-refractivity contribution in [3.05, 3.63) is 0 Å². The summed E-state index contributed by atoms with van der Waals surface area (Å²) < 4.78 is 34.7. The fraction of sp³-hybridized carbons (Fsp3) is 0.833. The van der Waals surface area contributed by atoms with Crippen molar-refractivity contribution in [2.24, 2.45) is 0 Å². The molecule has 0 radical (unpaired) electrons. The van der Waals surface area contributed by atoms with Crippen molar-refractivity contribution in [2.75, 3.05) is 19.7 Å². The number of hydroxylamine groups is 3. The molecule has 0 aliphatic carbocycles. The molecule has 0 saturated carbocycles. The van der Waals surface area contributed by atoms with Crippen LogP contribution >= 0.6 is 0 Å². The summed E-state index contributed by atoms with van der Waals surface area (Å²) >= 11 is 0. The molecule has 3 unspecified atom stereocenters. The van der Waals surface area contributed by atoms with Crippen molar-refractivity contribution in [1.82, 2.24) is 20.8 Å². The lowest BCUT2D eigenvalue weighted by molar-refractivity contribution is -0.139. The second-order valence-electron chi connectivity index (χ2n) is 6.08. The molecule has 0 aromatic rings. The minimum absolute atomic E-state index is 0.149. The van der Waals surface area contributed by atoms with E-state index in [1.54, 1.807) is 0 Å². The number of amides is 3. The maximum atomic E-state index is 12.2. The maximum Gasteiger partial charge on any atom is 0.418 e. The van der Waals surface area contributed by atoms with Gasteiger partial charge >= 0.3 is 16.4 Å². The van der Waals surface area contributed by atoms with Gasteiger partial charge in [0.25, 0.3) is 5.91 Å². The lowest BCUT2D eigenvalue weighted by Gasteiger charge is -2.29. The van der Waals surface area contributed by atoms with Crippen LogP contribution in [0.1, 0.15) is 25.7 Å². The summed E-state index contributed by atoms with van der Waals surface area (Å²) in [6.07, 6.45) is 2.77. The number of fused-ring (bicyclic) bond motifs is 2. The number of piperidine rings is 1. The molecule has 0 aromatic heterocycles. The molecule has 3 amide bonds. The van der Waals surface area contributed by atoms with Gasteiger partial charge in [-0.2, -0.15) is 13.5 Å².